The van der Waals surface area contributed by atoms with Gasteiger partial charge in [-0.05, 0) is 25.3 Å². The lowest BCUT2D eigenvalue weighted by atomic mass is 10.1. The van der Waals surface area contributed by atoms with E-state index >= 15 is 0 Å². The molecule has 20 heavy (non-hydrogen) atoms. The Kier molecular flexibility index (Phi) is 4.74. The smallest absolute Gasteiger partial charge is 0.358 e. The van der Waals surface area contributed by atoms with Gasteiger partial charge in [0, 0.05) is 6.04 Å². The summed E-state index contributed by atoms with van der Waals surface area (Å²) in [5.74, 6) is -0.618. The Bertz CT molecular complexity index is 584. The maximum absolute atomic E-state index is 12.4. The highest BCUT2D eigenvalue weighted by atomic mass is 32.2. The SMILES string of the molecule is COC(=O)c1ncsc1S(=O)(=O)N[C@H]1CCC[C@H]1CN. The van der Waals surface area contributed by atoms with Crippen LogP contribution < -0.4 is 10.5 Å². The molecule has 1 aromatic rings. The molecular weight excluding hydrogens is 302 g/mol. The van der Waals surface area contributed by atoms with E-state index in [0.29, 0.717) is 6.54 Å². The van der Waals surface area contributed by atoms with Gasteiger partial charge >= 0.3 is 5.97 Å². The predicted molar refractivity (Wildman–Crippen MR) is 74.0 cm³/mol. The second kappa shape index (κ2) is 6.17. The molecule has 0 spiro atoms. The number of hydrogen-bond acceptors (Lipinski definition) is 7. The van der Waals surface area contributed by atoms with E-state index in [1.807, 2.05) is 0 Å². The zero-order valence-corrected chi connectivity index (χ0v) is 12.7. The molecule has 0 bridgehead atoms. The standard InChI is InChI=1S/C11H17N3O4S2/c1-18-10(15)9-11(19-6-13-9)20(16,17)14-8-4-2-3-7(8)5-12/h6-8,14H,2-5,12H2,1H3/t7-,8-/m0/s1. The molecule has 0 saturated heterocycles. The van der Waals surface area contributed by atoms with E-state index in [1.165, 1.54) is 12.6 Å². The molecule has 1 fully saturated rings. The summed E-state index contributed by atoms with van der Waals surface area (Å²) in [6.45, 7) is 0.444. The molecule has 0 amide bonds. The number of esters is 1. The second-order valence-corrected chi connectivity index (χ2v) is 7.40. The van der Waals surface area contributed by atoms with Crippen molar-refractivity contribution >= 4 is 27.3 Å². The molecule has 112 valence electrons. The molecule has 0 aromatic carbocycles. The first-order valence-corrected chi connectivity index (χ1v) is 8.60. The van der Waals surface area contributed by atoms with Crippen LogP contribution >= 0.6 is 11.3 Å². The van der Waals surface area contributed by atoms with E-state index < -0.39 is 16.0 Å². The first-order chi connectivity index (χ1) is 9.49. The first-order valence-electron chi connectivity index (χ1n) is 6.23. The number of carbonyl (C=O) groups excluding carboxylic acids is 1. The number of thiazole rings is 1. The van der Waals surface area contributed by atoms with Gasteiger partial charge in [0.15, 0.2) is 9.90 Å². The molecule has 2 rings (SSSR count). The minimum atomic E-state index is -3.78. The van der Waals surface area contributed by atoms with Crippen LogP contribution in [0.15, 0.2) is 9.72 Å². The zero-order chi connectivity index (χ0) is 14.8. The lowest BCUT2D eigenvalue weighted by Crippen LogP contribution is -2.40. The maximum atomic E-state index is 12.4. The predicted octanol–water partition coefficient (Wildman–Crippen LogP) is 0.335. The Morgan fingerprint density at radius 3 is 3.00 bits per heavy atom. The second-order valence-electron chi connectivity index (χ2n) is 4.63. The minimum Gasteiger partial charge on any atom is -0.464 e. The van der Waals surface area contributed by atoms with Gasteiger partial charge in [0.2, 0.25) is 0 Å². The topological polar surface area (TPSA) is 111 Å². The van der Waals surface area contributed by atoms with Gasteiger partial charge in [0.25, 0.3) is 10.0 Å². The third kappa shape index (κ3) is 3.00. The monoisotopic (exact) mass is 319 g/mol. The molecule has 0 unspecified atom stereocenters. The van der Waals surface area contributed by atoms with Gasteiger partial charge in [-0.15, -0.1) is 11.3 Å². The summed E-state index contributed by atoms with van der Waals surface area (Å²) in [5.41, 5.74) is 6.78. The number of hydrogen-bond donors (Lipinski definition) is 2. The molecule has 9 heteroatoms. The quantitative estimate of drug-likeness (QED) is 0.757. The summed E-state index contributed by atoms with van der Waals surface area (Å²) < 4.78 is 31.8. The number of ether oxygens (including phenoxy) is 1. The average molecular weight is 319 g/mol. The van der Waals surface area contributed by atoms with Crippen molar-refractivity contribution in [3.8, 4) is 0 Å². The van der Waals surface area contributed by atoms with Gasteiger partial charge in [0.05, 0.1) is 12.6 Å². The summed E-state index contributed by atoms with van der Waals surface area (Å²) in [5, 5.41) is 0. The molecule has 0 aliphatic heterocycles. The molecule has 1 aromatic heterocycles. The fourth-order valence-corrected chi connectivity index (χ4v) is 4.87. The van der Waals surface area contributed by atoms with E-state index in [4.69, 9.17) is 5.73 Å². The largest absolute Gasteiger partial charge is 0.464 e. The van der Waals surface area contributed by atoms with Crippen LogP contribution in [-0.2, 0) is 14.8 Å². The molecule has 2 atom stereocenters. The number of nitrogens with zero attached hydrogens (tertiary/aromatic N) is 1. The van der Waals surface area contributed by atoms with E-state index in [0.717, 1.165) is 30.6 Å². The number of sulfonamides is 1. The van der Waals surface area contributed by atoms with Gasteiger partial charge in [-0.1, -0.05) is 6.42 Å². The highest BCUT2D eigenvalue weighted by molar-refractivity contribution is 7.91. The lowest BCUT2D eigenvalue weighted by Gasteiger charge is -2.18. The number of rotatable bonds is 5. The van der Waals surface area contributed by atoms with Crippen LogP contribution in [0.1, 0.15) is 29.8 Å². The lowest BCUT2D eigenvalue weighted by molar-refractivity contribution is 0.0590. The number of nitrogens with one attached hydrogen (secondary N) is 1. The zero-order valence-electron chi connectivity index (χ0n) is 11.0. The highest BCUT2D eigenvalue weighted by Crippen LogP contribution is 2.28. The van der Waals surface area contributed by atoms with Crippen molar-refractivity contribution < 1.29 is 17.9 Å². The van der Waals surface area contributed by atoms with E-state index in [2.05, 4.69) is 14.4 Å². The van der Waals surface area contributed by atoms with Crippen LogP contribution in [0.2, 0.25) is 0 Å². The Morgan fingerprint density at radius 2 is 2.35 bits per heavy atom. The Hall–Kier alpha value is -1.03. The van der Waals surface area contributed by atoms with Gasteiger partial charge in [-0.3, -0.25) is 0 Å². The van der Waals surface area contributed by atoms with Crippen molar-refractivity contribution in [3.05, 3.63) is 11.2 Å². The van der Waals surface area contributed by atoms with Crippen LogP contribution in [0.4, 0.5) is 0 Å². The molecule has 1 saturated carbocycles. The number of carbonyl (C=O) groups is 1. The van der Waals surface area contributed by atoms with Crippen LogP contribution in [0, 0.1) is 5.92 Å². The summed E-state index contributed by atoms with van der Waals surface area (Å²) in [6.07, 6.45) is 2.62. The molecule has 7 nitrogen and oxygen atoms in total. The molecule has 3 N–H and O–H groups in total. The van der Waals surface area contributed by atoms with Gasteiger partial charge < -0.3 is 10.5 Å². The van der Waals surface area contributed by atoms with Crippen molar-refractivity contribution in [1.29, 1.82) is 0 Å². The van der Waals surface area contributed by atoms with Gasteiger partial charge in [-0.25, -0.2) is 22.9 Å². The van der Waals surface area contributed by atoms with Crippen molar-refractivity contribution in [2.45, 2.75) is 29.5 Å². The highest BCUT2D eigenvalue weighted by Gasteiger charge is 2.33. The molecule has 1 heterocycles. The summed E-state index contributed by atoms with van der Waals surface area (Å²) in [7, 11) is -2.59. The summed E-state index contributed by atoms with van der Waals surface area (Å²) in [6, 6.07) is -0.183. The van der Waals surface area contributed by atoms with Crippen LogP contribution in [0.25, 0.3) is 0 Å². The third-order valence-electron chi connectivity index (χ3n) is 3.43. The minimum absolute atomic E-state index is 0.105. The molecular formula is C11H17N3O4S2. The van der Waals surface area contributed by atoms with Gasteiger partial charge in [-0.2, -0.15) is 0 Å². The Morgan fingerprint density at radius 1 is 1.60 bits per heavy atom. The van der Waals surface area contributed by atoms with Crippen LogP contribution in [-0.4, -0.2) is 39.1 Å². The average Bonchev–Trinajstić information content (AvgIpc) is 3.05. The third-order valence-corrected chi connectivity index (χ3v) is 6.29. The van der Waals surface area contributed by atoms with E-state index in [9.17, 15) is 13.2 Å². The molecule has 1 aliphatic rings. The summed E-state index contributed by atoms with van der Waals surface area (Å²) >= 11 is 0.899. The number of nitrogens with two attached hydrogens (primary N) is 1. The van der Waals surface area contributed by atoms with Crippen molar-refractivity contribution in [2.24, 2.45) is 11.7 Å². The number of methoxy groups -OCH3 is 1. The fraction of sp³-hybridized carbons (Fsp3) is 0.636. The molecule has 0 radical (unpaired) electrons. The van der Waals surface area contributed by atoms with Crippen molar-refractivity contribution in [2.75, 3.05) is 13.7 Å². The summed E-state index contributed by atoms with van der Waals surface area (Å²) in [4.78, 5) is 15.3. The van der Waals surface area contributed by atoms with Gasteiger partial charge in [0.1, 0.15) is 0 Å². The van der Waals surface area contributed by atoms with Crippen LogP contribution in [0.3, 0.4) is 0 Å². The molecule has 1 aliphatic carbocycles. The van der Waals surface area contributed by atoms with Crippen molar-refractivity contribution in [1.82, 2.24) is 9.71 Å². The van der Waals surface area contributed by atoms with E-state index in [1.54, 1.807) is 0 Å². The van der Waals surface area contributed by atoms with E-state index in [-0.39, 0.29) is 21.9 Å². The van der Waals surface area contributed by atoms with Crippen molar-refractivity contribution in [3.63, 3.8) is 0 Å². The van der Waals surface area contributed by atoms with Crippen LogP contribution in [0.5, 0.6) is 0 Å². The Balaban J connectivity index is 2.23. The first kappa shape index (κ1) is 15.4. The fourth-order valence-electron chi connectivity index (χ4n) is 2.39. The number of aromatic nitrogens is 1. The Labute approximate surface area is 121 Å². The normalized spacial score (nSPS) is 22.9. The maximum Gasteiger partial charge on any atom is 0.358 e.